The van der Waals surface area contributed by atoms with Gasteiger partial charge in [-0.25, -0.2) is 0 Å². The second-order valence-corrected chi connectivity index (χ2v) is 21.1. The van der Waals surface area contributed by atoms with E-state index in [1.54, 1.807) is 13.8 Å². The van der Waals surface area contributed by atoms with Crippen LogP contribution in [-0.2, 0) is 66.8 Å². The Hall–Kier alpha value is -3.92. The molecule has 2 N–H and O–H groups in total. The van der Waals surface area contributed by atoms with E-state index in [0.717, 1.165) is 0 Å². The number of Topliss-reactive ketones (excluding diaryl/α,β-unsaturated/α-hetero) is 2. The number of ether oxygens (including phenoxy) is 6. The summed E-state index contributed by atoms with van der Waals surface area (Å²) in [6.07, 6.45) is -2.46. The lowest BCUT2D eigenvalue weighted by atomic mass is 9.43. The first kappa shape index (κ1) is 41.4. The monoisotopic (exact) mass is 840 g/mol. The lowest BCUT2D eigenvalue weighted by Gasteiger charge is -2.62. The Morgan fingerprint density at radius 2 is 0.967 bits per heavy atom. The topological polar surface area (TPSA) is 232 Å². The molecule has 10 fully saturated rings. The van der Waals surface area contributed by atoms with Crippen LogP contribution in [0.4, 0.5) is 0 Å². The van der Waals surface area contributed by atoms with Crippen LogP contribution in [0.25, 0.3) is 0 Å². The SMILES string of the molecule is CC(=O)O[C@@H]1[C@H]2C[C@@H](O)[C@@H]3[C@]1(C(=O)O[C@H]1CCC(C)(C)[C@H]4C(=O)OC[C@@]143)C(=O)[C@@H]2C.CC(=O)O[C@@H]1[C@H]2C[C@@H](O)[C@@H]3[C@]1(C(=O)O[C@H]1CCC(C)(C)[C@H]4C(=O)OC[C@@]143)C(=O)[C@@H]2C. The number of fused-ring (bicyclic) bond motifs is 2. The molecule has 0 aromatic heterocycles. The van der Waals surface area contributed by atoms with Gasteiger partial charge in [-0.05, 0) is 49.4 Å². The largest absolute Gasteiger partial charge is 0.465 e. The van der Waals surface area contributed by atoms with E-state index in [0.29, 0.717) is 25.7 Å². The minimum Gasteiger partial charge on any atom is -0.465 e. The fourth-order valence-corrected chi connectivity index (χ4v) is 15.7. The maximum atomic E-state index is 13.7. The molecule has 328 valence electrons. The van der Waals surface area contributed by atoms with E-state index in [9.17, 15) is 48.6 Å². The van der Waals surface area contributed by atoms with E-state index in [-0.39, 0.29) is 49.6 Å². The molecule has 18 atom stereocenters. The number of rotatable bonds is 2. The van der Waals surface area contributed by atoms with Crippen LogP contribution in [-0.4, -0.2) is 107 Å². The highest BCUT2D eigenvalue weighted by atomic mass is 16.6. The summed E-state index contributed by atoms with van der Waals surface area (Å²) < 4.78 is 34.1. The van der Waals surface area contributed by atoms with Gasteiger partial charge >= 0.3 is 35.8 Å². The van der Waals surface area contributed by atoms with Crippen LogP contribution in [0.15, 0.2) is 0 Å². The van der Waals surface area contributed by atoms with Crippen molar-refractivity contribution in [3.63, 3.8) is 0 Å². The van der Waals surface area contributed by atoms with E-state index in [1.807, 2.05) is 27.7 Å². The van der Waals surface area contributed by atoms with E-state index >= 15 is 0 Å². The molecule has 16 heteroatoms. The summed E-state index contributed by atoms with van der Waals surface area (Å²) in [5.74, 6) is -9.23. The highest BCUT2D eigenvalue weighted by Gasteiger charge is 2.85. The van der Waals surface area contributed by atoms with Crippen molar-refractivity contribution in [3.05, 3.63) is 0 Å². The van der Waals surface area contributed by atoms with Gasteiger partial charge in [-0.3, -0.25) is 38.4 Å². The number of carbonyl (C=O) groups is 8. The summed E-state index contributed by atoms with van der Waals surface area (Å²) in [5.41, 5.74) is -6.54. The molecule has 4 bridgehead atoms. The van der Waals surface area contributed by atoms with E-state index < -0.39 is 140 Å². The van der Waals surface area contributed by atoms with Crippen molar-refractivity contribution in [1.82, 2.24) is 0 Å². The van der Waals surface area contributed by atoms with Crippen LogP contribution in [0.2, 0.25) is 0 Å². The first-order valence-corrected chi connectivity index (χ1v) is 21.5. The Morgan fingerprint density at radius 1 is 0.617 bits per heavy atom. The quantitative estimate of drug-likeness (QED) is 0.230. The molecular formula is C44H56O16. The number of hydrogen-bond donors (Lipinski definition) is 2. The van der Waals surface area contributed by atoms with Gasteiger partial charge in [-0.15, -0.1) is 0 Å². The van der Waals surface area contributed by atoms with Gasteiger partial charge in [0.15, 0.2) is 22.4 Å². The summed E-state index contributed by atoms with van der Waals surface area (Å²) in [6, 6.07) is 0. The number of aliphatic hydroxyl groups is 2. The molecule has 0 aromatic carbocycles. The molecule has 10 rings (SSSR count). The highest BCUT2D eigenvalue weighted by Crippen LogP contribution is 2.73. The number of cyclic esters (lactones) is 2. The summed E-state index contributed by atoms with van der Waals surface area (Å²) in [6.45, 7) is 13.8. The number of hydrogen-bond acceptors (Lipinski definition) is 16. The second-order valence-electron chi connectivity index (χ2n) is 21.1. The summed E-state index contributed by atoms with van der Waals surface area (Å²) in [4.78, 5) is 104. The molecule has 0 unspecified atom stereocenters. The predicted molar refractivity (Wildman–Crippen MR) is 199 cm³/mol. The van der Waals surface area contributed by atoms with Crippen molar-refractivity contribution < 1.29 is 77.0 Å². The van der Waals surface area contributed by atoms with Crippen LogP contribution in [0.3, 0.4) is 0 Å². The third kappa shape index (κ3) is 4.70. The number of carbonyl (C=O) groups excluding carboxylic acids is 8. The van der Waals surface area contributed by atoms with Gasteiger partial charge in [0.05, 0.1) is 34.9 Å². The van der Waals surface area contributed by atoms with Crippen LogP contribution >= 0.6 is 0 Å². The van der Waals surface area contributed by atoms with E-state index in [1.165, 1.54) is 13.8 Å². The Bertz CT molecular complexity index is 1870. The van der Waals surface area contributed by atoms with Crippen molar-refractivity contribution in [3.8, 4) is 0 Å². The second kappa shape index (κ2) is 12.8. The maximum Gasteiger partial charge on any atom is 0.324 e. The first-order valence-electron chi connectivity index (χ1n) is 21.5. The lowest BCUT2D eigenvalue weighted by molar-refractivity contribution is -0.264. The zero-order valence-corrected chi connectivity index (χ0v) is 35.3. The van der Waals surface area contributed by atoms with Crippen molar-refractivity contribution >= 4 is 47.4 Å². The predicted octanol–water partition coefficient (Wildman–Crippen LogP) is 2.05. The van der Waals surface area contributed by atoms with Gasteiger partial charge < -0.3 is 38.6 Å². The molecule has 0 aromatic rings. The molecule has 4 heterocycles. The van der Waals surface area contributed by atoms with Gasteiger partial charge in [-0.1, -0.05) is 41.5 Å². The number of esters is 6. The van der Waals surface area contributed by atoms with Gasteiger partial charge in [0.25, 0.3) is 0 Å². The molecule has 4 spiro atoms. The third-order valence-electron chi connectivity index (χ3n) is 17.6. The minimum absolute atomic E-state index is 0.0134. The lowest BCUT2D eigenvalue weighted by Crippen LogP contribution is -2.73. The Labute approximate surface area is 347 Å². The molecule has 16 nitrogen and oxygen atoms in total. The Morgan fingerprint density at radius 3 is 1.30 bits per heavy atom. The van der Waals surface area contributed by atoms with Gasteiger partial charge in [0.2, 0.25) is 0 Å². The summed E-state index contributed by atoms with van der Waals surface area (Å²) >= 11 is 0. The fraction of sp³-hybridized carbons (Fsp3) is 0.818. The molecule has 60 heavy (non-hydrogen) atoms. The zero-order valence-electron chi connectivity index (χ0n) is 35.3. The standard InChI is InChI=1S/2C22H28O8/c2*1-9-11-7-12(24)14-21-8-28-18(26)15(21)20(3,4)6-5-13(21)30-19(27)22(14,16(9)25)17(11)29-10(2)23/h2*9,11-15,17,24H,5-8H2,1-4H3/t2*9-,11+,12-,13+,14+,15-,17-,21+,22+/m11/s1. The third-order valence-corrected chi connectivity index (χ3v) is 17.6. The summed E-state index contributed by atoms with van der Waals surface area (Å²) in [5, 5.41) is 22.7. The molecule has 4 saturated heterocycles. The maximum absolute atomic E-state index is 13.7. The molecule has 6 aliphatic carbocycles. The van der Waals surface area contributed by atoms with Gasteiger partial charge in [-0.2, -0.15) is 0 Å². The van der Waals surface area contributed by atoms with Crippen molar-refractivity contribution in [2.24, 2.45) is 79.8 Å². The smallest absolute Gasteiger partial charge is 0.324 e. The van der Waals surface area contributed by atoms with E-state index in [4.69, 9.17) is 28.4 Å². The molecule has 4 aliphatic heterocycles. The van der Waals surface area contributed by atoms with Crippen LogP contribution < -0.4 is 0 Å². The first-order chi connectivity index (χ1) is 28.0. The summed E-state index contributed by atoms with van der Waals surface area (Å²) in [7, 11) is 0. The van der Waals surface area contributed by atoms with Crippen LogP contribution in [0.5, 0.6) is 0 Å². The highest BCUT2D eigenvalue weighted by molar-refractivity contribution is 6.10. The average Bonchev–Trinajstić information content (AvgIpc) is 3.77. The van der Waals surface area contributed by atoms with Crippen LogP contribution in [0.1, 0.15) is 93.9 Å². The van der Waals surface area contributed by atoms with Crippen molar-refractivity contribution in [1.29, 1.82) is 0 Å². The van der Waals surface area contributed by atoms with Crippen molar-refractivity contribution in [2.45, 2.75) is 131 Å². The Kier molecular flexibility index (Phi) is 8.86. The molecule has 6 saturated carbocycles. The fourth-order valence-electron chi connectivity index (χ4n) is 15.7. The minimum atomic E-state index is -1.80. The van der Waals surface area contributed by atoms with E-state index in [2.05, 4.69) is 0 Å². The normalized spacial score (nSPS) is 50.7. The number of ketones is 2. The average molecular weight is 841 g/mol. The molecular weight excluding hydrogens is 784 g/mol. The van der Waals surface area contributed by atoms with Gasteiger partial charge in [0, 0.05) is 49.4 Å². The molecule has 10 aliphatic rings. The Balaban J connectivity index is 0.000000154. The molecule has 0 radical (unpaired) electrons. The molecule has 0 amide bonds. The van der Waals surface area contributed by atoms with Crippen molar-refractivity contribution in [2.75, 3.05) is 13.2 Å². The van der Waals surface area contributed by atoms with Crippen LogP contribution in [0, 0.1) is 79.8 Å². The number of aliphatic hydroxyl groups excluding tert-OH is 2. The van der Waals surface area contributed by atoms with Gasteiger partial charge in [0.1, 0.15) is 37.6 Å². The zero-order chi connectivity index (χ0) is 43.6.